The van der Waals surface area contributed by atoms with Crippen LogP contribution in [0.5, 0.6) is 0 Å². The van der Waals surface area contributed by atoms with Crippen LogP contribution in [-0.2, 0) is 20.7 Å². The number of thioether (sulfide) groups is 1. The molecule has 138 valence electrons. The Morgan fingerprint density at radius 3 is 2.58 bits per heavy atom. The van der Waals surface area contributed by atoms with Crippen molar-refractivity contribution in [3.63, 3.8) is 0 Å². The second-order valence-corrected chi connectivity index (χ2v) is 7.33. The molecule has 4 nitrogen and oxygen atoms in total. The molecular formula is C20H22ClNO3S. The van der Waals surface area contributed by atoms with Crippen LogP contribution in [0.2, 0.25) is 5.02 Å². The fraction of sp³-hybridized carbons (Fsp3) is 0.300. The fourth-order valence-electron chi connectivity index (χ4n) is 2.38. The highest BCUT2D eigenvalue weighted by molar-refractivity contribution is 7.99. The molecule has 2 aromatic rings. The molecule has 0 heterocycles. The van der Waals surface area contributed by atoms with E-state index in [0.717, 1.165) is 28.1 Å². The quantitative estimate of drug-likeness (QED) is 0.515. The molecule has 26 heavy (non-hydrogen) atoms. The number of halogens is 1. The number of hydrogen-bond donors (Lipinski definition) is 1. The van der Waals surface area contributed by atoms with Crippen molar-refractivity contribution in [2.45, 2.75) is 31.6 Å². The summed E-state index contributed by atoms with van der Waals surface area (Å²) in [5, 5.41) is 3.52. The molecule has 0 saturated carbocycles. The summed E-state index contributed by atoms with van der Waals surface area (Å²) in [6.45, 7) is 3.69. The number of amides is 1. The van der Waals surface area contributed by atoms with Crippen LogP contribution < -0.4 is 5.32 Å². The van der Waals surface area contributed by atoms with E-state index in [1.165, 1.54) is 0 Å². The van der Waals surface area contributed by atoms with Crippen molar-refractivity contribution in [3.8, 4) is 0 Å². The number of anilines is 1. The Bertz CT molecular complexity index is 762. The largest absolute Gasteiger partial charge is 0.456 e. The molecule has 0 fully saturated rings. The summed E-state index contributed by atoms with van der Waals surface area (Å²) >= 11 is 7.37. The summed E-state index contributed by atoms with van der Waals surface area (Å²) in [7, 11) is 0. The number of esters is 1. The predicted molar refractivity (Wildman–Crippen MR) is 107 cm³/mol. The second kappa shape index (κ2) is 10.2. The second-order valence-electron chi connectivity index (χ2n) is 5.72. The molecule has 0 atom stereocenters. The summed E-state index contributed by atoms with van der Waals surface area (Å²) in [5.41, 5.74) is 2.85. The number of rotatable bonds is 8. The molecule has 2 rings (SSSR count). The third-order valence-electron chi connectivity index (χ3n) is 3.76. The molecular weight excluding hydrogens is 370 g/mol. The van der Waals surface area contributed by atoms with Crippen LogP contribution in [-0.4, -0.2) is 24.2 Å². The molecule has 6 heteroatoms. The number of ether oxygens (including phenoxy) is 1. The molecule has 0 aliphatic rings. The van der Waals surface area contributed by atoms with Crippen LogP contribution in [0.15, 0.2) is 47.4 Å². The molecule has 0 radical (unpaired) electrons. The number of benzene rings is 2. The third-order valence-corrected chi connectivity index (χ3v) is 5.02. The van der Waals surface area contributed by atoms with Crippen LogP contribution in [0.25, 0.3) is 0 Å². The Hall–Kier alpha value is -1.98. The van der Waals surface area contributed by atoms with Gasteiger partial charge in [-0.1, -0.05) is 36.7 Å². The van der Waals surface area contributed by atoms with Gasteiger partial charge < -0.3 is 10.1 Å². The smallest absolute Gasteiger partial charge is 0.307 e. The minimum absolute atomic E-state index is 0.241. The van der Waals surface area contributed by atoms with Gasteiger partial charge in [0.2, 0.25) is 0 Å². The number of carbonyl (C=O) groups excluding carboxylic acids is 2. The average Bonchev–Trinajstić information content (AvgIpc) is 2.63. The molecule has 0 unspecified atom stereocenters. The third kappa shape index (κ3) is 6.39. The van der Waals surface area contributed by atoms with Gasteiger partial charge in [0.25, 0.3) is 5.91 Å². The minimum Gasteiger partial charge on any atom is -0.456 e. The first-order chi connectivity index (χ1) is 12.5. The molecule has 0 bridgehead atoms. The first-order valence-electron chi connectivity index (χ1n) is 8.42. The van der Waals surface area contributed by atoms with Crippen LogP contribution in [0, 0.1) is 6.92 Å². The molecule has 1 amide bonds. The van der Waals surface area contributed by atoms with E-state index in [2.05, 4.69) is 5.32 Å². The minimum atomic E-state index is -0.387. The summed E-state index contributed by atoms with van der Waals surface area (Å²) in [5.74, 6) is -0.130. The van der Waals surface area contributed by atoms with E-state index in [0.29, 0.717) is 10.8 Å². The van der Waals surface area contributed by atoms with Crippen molar-refractivity contribution in [1.29, 1.82) is 0 Å². The molecule has 0 aliphatic heterocycles. The lowest BCUT2D eigenvalue weighted by Gasteiger charge is -2.13. The van der Waals surface area contributed by atoms with Gasteiger partial charge in [0.1, 0.15) is 0 Å². The Balaban J connectivity index is 1.73. The van der Waals surface area contributed by atoms with Gasteiger partial charge in [-0.2, -0.15) is 0 Å². The summed E-state index contributed by atoms with van der Waals surface area (Å²) in [6.07, 6.45) is 1.06. The zero-order valence-electron chi connectivity index (χ0n) is 14.9. The van der Waals surface area contributed by atoms with Crippen molar-refractivity contribution in [3.05, 3.63) is 58.6 Å². The molecule has 0 spiro atoms. The maximum Gasteiger partial charge on any atom is 0.307 e. The number of nitrogens with one attached hydrogen (secondary N) is 1. The van der Waals surface area contributed by atoms with E-state index in [1.807, 2.05) is 56.3 Å². The van der Waals surface area contributed by atoms with Gasteiger partial charge in [-0.3, -0.25) is 9.59 Å². The lowest BCUT2D eigenvalue weighted by Crippen LogP contribution is -2.22. The molecule has 0 aromatic heterocycles. The van der Waals surface area contributed by atoms with E-state index in [9.17, 15) is 9.59 Å². The maximum absolute atomic E-state index is 12.1. The summed E-state index contributed by atoms with van der Waals surface area (Å²) < 4.78 is 5.06. The van der Waals surface area contributed by atoms with Gasteiger partial charge in [0, 0.05) is 21.4 Å². The fourth-order valence-corrected chi connectivity index (χ4v) is 3.34. The van der Waals surface area contributed by atoms with Gasteiger partial charge in [0.05, 0.1) is 6.42 Å². The molecule has 0 aliphatic carbocycles. The number of hydrogen-bond acceptors (Lipinski definition) is 4. The average molecular weight is 392 g/mol. The maximum atomic E-state index is 12.1. The van der Waals surface area contributed by atoms with Crippen LogP contribution in [0.4, 0.5) is 5.69 Å². The number of para-hydroxylation sites is 1. The Morgan fingerprint density at radius 1 is 1.15 bits per heavy atom. The van der Waals surface area contributed by atoms with Crippen molar-refractivity contribution >= 4 is 40.9 Å². The Labute approximate surface area is 163 Å². The SMILES string of the molecule is CCc1cccc(C)c1NC(=O)COC(=O)CCSc1ccc(Cl)cc1. The van der Waals surface area contributed by atoms with Gasteiger partial charge in [-0.15, -0.1) is 11.8 Å². The van der Waals surface area contributed by atoms with Crippen LogP contribution >= 0.6 is 23.4 Å². The Morgan fingerprint density at radius 2 is 1.88 bits per heavy atom. The van der Waals surface area contributed by atoms with Gasteiger partial charge >= 0.3 is 5.97 Å². The van der Waals surface area contributed by atoms with Crippen LogP contribution in [0.1, 0.15) is 24.5 Å². The summed E-state index contributed by atoms with van der Waals surface area (Å²) in [4.78, 5) is 24.9. The van der Waals surface area contributed by atoms with E-state index in [-0.39, 0.29) is 24.9 Å². The number of carbonyl (C=O) groups is 2. The van der Waals surface area contributed by atoms with E-state index < -0.39 is 0 Å². The van der Waals surface area contributed by atoms with Gasteiger partial charge in [-0.05, 0) is 48.7 Å². The van der Waals surface area contributed by atoms with Crippen molar-refractivity contribution < 1.29 is 14.3 Å². The highest BCUT2D eigenvalue weighted by Gasteiger charge is 2.11. The monoisotopic (exact) mass is 391 g/mol. The van der Waals surface area contributed by atoms with Gasteiger partial charge in [-0.25, -0.2) is 0 Å². The highest BCUT2D eigenvalue weighted by atomic mass is 35.5. The van der Waals surface area contributed by atoms with E-state index in [4.69, 9.17) is 16.3 Å². The van der Waals surface area contributed by atoms with Crippen LogP contribution in [0.3, 0.4) is 0 Å². The number of aryl methyl sites for hydroxylation is 2. The van der Waals surface area contributed by atoms with E-state index in [1.54, 1.807) is 11.8 Å². The zero-order valence-corrected chi connectivity index (χ0v) is 16.5. The van der Waals surface area contributed by atoms with Crippen molar-refractivity contribution in [2.75, 3.05) is 17.7 Å². The topological polar surface area (TPSA) is 55.4 Å². The first-order valence-corrected chi connectivity index (χ1v) is 9.78. The zero-order chi connectivity index (χ0) is 18.9. The lowest BCUT2D eigenvalue weighted by molar-refractivity contribution is -0.146. The summed E-state index contributed by atoms with van der Waals surface area (Å²) in [6, 6.07) is 13.3. The first kappa shape index (κ1) is 20.3. The molecule has 2 aromatic carbocycles. The standard InChI is InChI=1S/C20H22ClNO3S/c1-3-15-6-4-5-14(2)20(15)22-18(23)13-25-19(24)11-12-26-17-9-7-16(21)8-10-17/h4-10H,3,11-13H2,1-2H3,(H,22,23). The molecule has 1 N–H and O–H groups in total. The highest BCUT2D eigenvalue weighted by Crippen LogP contribution is 2.22. The lowest BCUT2D eigenvalue weighted by atomic mass is 10.1. The normalized spacial score (nSPS) is 10.4. The molecule has 0 saturated heterocycles. The van der Waals surface area contributed by atoms with Crippen molar-refractivity contribution in [1.82, 2.24) is 0 Å². The van der Waals surface area contributed by atoms with Crippen molar-refractivity contribution in [2.24, 2.45) is 0 Å². The van der Waals surface area contributed by atoms with Gasteiger partial charge in [0.15, 0.2) is 6.61 Å². The predicted octanol–water partition coefficient (Wildman–Crippen LogP) is 4.87. The Kier molecular flexibility index (Phi) is 8.01. The van der Waals surface area contributed by atoms with E-state index >= 15 is 0 Å².